The van der Waals surface area contributed by atoms with E-state index in [9.17, 15) is 9.90 Å². The molecule has 9 fully saturated rings. The lowest BCUT2D eigenvalue weighted by molar-refractivity contribution is -0.146. The van der Waals surface area contributed by atoms with E-state index in [1.807, 2.05) is 0 Å². The van der Waals surface area contributed by atoms with Crippen molar-refractivity contribution in [3.05, 3.63) is 0 Å². The Morgan fingerprint density at radius 1 is 0.362 bits per heavy atom. The van der Waals surface area contributed by atoms with E-state index in [1.54, 1.807) is 0 Å². The second-order valence-electron chi connectivity index (χ2n) is 16.1. The molecule has 17 unspecified atom stereocenters. The SMILES string of the molecule is I.I.I.I.O=C(O)C1CCCC2C3NC4NC(NC5NC(NC6NC(NC(N3)C12)C1CCCCC61)C1CCCCC51)C1CCCCC41. The molecule has 0 aromatic carbocycles. The highest BCUT2D eigenvalue weighted by Crippen LogP contribution is 2.46. The summed E-state index contributed by atoms with van der Waals surface area (Å²) < 4.78 is 0. The number of carboxylic acid groups (broad SMARTS) is 1. The second-order valence-corrected chi connectivity index (χ2v) is 16.1. The monoisotopic (exact) mass is 1110 g/mol. The van der Waals surface area contributed by atoms with Crippen molar-refractivity contribution in [3.63, 3.8) is 0 Å². The first-order valence-electron chi connectivity index (χ1n) is 18.4. The third-order valence-electron chi connectivity index (χ3n) is 14.2. The smallest absolute Gasteiger partial charge is 0.306 e. The molecular weight excluding hydrogens is 1050 g/mol. The maximum Gasteiger partial charge on any atom is 0.306 e. The van der Waals surface area contributed by atoms with Crippen LogP contribution in [-0.4, -0.2) is 60.4 Å². The molecule has 9 aliphatic rings. The Balaban J connectivity index is 0.00000108. The molecule has 5 saturated heterocycles. The Kier molecular flexibility index (Phi) is 14.6. The normalized spacial score (nSPS) is 51.3. The molecule has 4 saturated carbocycles. The summed E-state index contributed by atoms with van der Waals surface area (Å²) in [6.07, 6.45) is 20.5. The van der Waals surface area contributed by atoms with Gasteiger partial charge in [-0.15, -0.1) is 95.9 Å². The summed E-state index contributed by atoms with van der Waals surface area (Å²) in [6.45, 7) is 0. The van der Waals surface area contributed by atoms with Crippen molar-refractivity contribution in [3.8, 4) is 0 Å². The van der Waals surface area contributed by atoms with Gasteiger partial charge in [0.05, 0.1) is 55.2 Å². The fourth-order valence-corrected chi connectivity index (χ4v) is 12.3. The second kappa shape index (κ2) is 17.0. The lowest BCUT2D eigenvalue weighted by Crippen LogP contribution is -2.62. The molecule has 5 aliphatic heterocycles. The fourth-order valence-electron chi connectivity index (χ4n) is 12.3. The minimum Gasteiger partial charge on any atom is -0.481 e. The van der Waals surface area contributed by atoms with Crippen LogP contribution in [0.3, 0.4) is 0 Å². The molecule has 0 amide bonds. The van der Waals surface area contributed by atoms with Gasteiger partial charge in [0, 0.05) is 5.92 Å². The van der Waals surface area contributed by atoms with Crippen LogP contribution in [0.2, 0.25) is 0 Å². The average molecular weight is 1110 g/mol. The van der Waals surface area contributed by atoms with E-state index in [0.29, 0.717) is 66.1 Å². The van der Waals surface area contributed by atoms with Crippen LogP contribution in [-0.2, 0) is 4.79 Å². The quantitative estimate of drug-likeness (QED) is 0.175. The van der Waals surface area contributed by atoms with E-state index in [4.69, 9.17) is 0 Å². The van der Waals surface area contributed by atoms with Gasteiger partial charge in [-0.05, 0) is 92.8 Å². The van der Waals surface area contributed by atoms with Crippen LogP contribution >= 0.6 is 95.9 Å². The first kappa shape index (κ1) is 40.3. The summed E-state index contributed by atoms with van der Waals surface area (Å²) in [5.41, 5.74) is 0. The molecule has 14 heteroatoms. The van der Waals surface area contributed by atoms with Gasteiger partial charge in [-0.3, -0.25) is 47.3 Å². The number of rotatable bonds is 1. The third kappa shape index (κ3) is 7.44. The molecule has 10 nitrogen and oxygen atoms in total. The highest BCUT2D eigenvalue weighted by molar-refractivity contribution is 14.0. The molecule has 0 aromatic rings. The van der Waals surface area contributed by atoms with Crippen molar-refractivity contribution in [1.29, 1.82) is 0 Å². The van der Waals surface area contributed by atoms with Gasteiger partial charge < -0.3 is 5.11 Å². The van der Waals surface area contributed by atoms with E-state index in [2.05, 4.69) is 42.5 Å². The van der Waals surface area contributed by atoms with Crippen LogP contribution in [0, 0.1) is 53.3 Å². The summed E-state index contributed by atoms with van der Waals surface area (Å²) in [4.78, 5) is 12.6. The number of carbonyl (C=O) groups is 1. The Morgan fingerprint density at radius 2 is 0.617 bits per heavy atom. The predicted molar refractivity (Wildman–Crippen MR) is 225 cm³/mol. The standard InChI is InChI=1S/C33H56N8O2.4HI/c42-33(43)23-15-7-14-22-24(23)32-40-30-21-13-6-5-12-20(21)28(38-30)36-26-17-9-2-1-8-16(17)25(34-26)35-27-18-10-3-4-11-19(18)29(37-27)39-31(22)41-32;;;;/h16-32,34-41H,1-15H2,(H,42,43);4*1H. The van der Waals surface area contributed by atoms with E-state index >= 15 is 0 Å². The van der Waals surface area contributed by atoms with Crippen LogP contribution in [0.5, 0.6) is 0 Å². The number of nitrogens with one attached hydrogen (secondary N) is 8. The molecule has 9 N–H and O–H groups in total. The van der Waals surface area contributed by atoms with Gasteiger partial charge in [-0.2, -0.15) is 0 Å². The van der Waals surface area contributed by atoms with Crippen molar-refractivity contribution in [1.82, 2.24) is 42.5 Å². The molecule has 272 valence electrons. The van der Waals surface area contributed by atoms with Gasteiger partial charge in [-0.25, -0.2) is 0 Å². The number of hydrogen-bond acceptors (Lipinski definition) is 9. The van der Waals surface area contributed by atoms with Gasteiger partial charge in [0.2, 0.25) is 0 Å². The number of fused-ring (bicyclic) bond motifs is 20. The van der Waals surface area contributed by atoms with Gasteiger partial charge in [0.25, 0.3) is 0 Å². The Bertz CT molecular complexity index is 1070. The minimum absolute atomic E-state index is 0. The summed E-state index contributed by atoms with van der Waals surface area (Å²) in [7, 11) is 0. The van der Waals surface area contributed by atoms with Crippen LogP contribution < -0.4 is 42.5 Å². The molecule has 0 spiro atoms. The van der Waals surface area contributed by atoms with Crippen molar-refractivity contribution in [2.45, 2.75) is 146 Å². The minimum atomic E-state index is -0.607. The van der Waals surface area contributed by atoms with E-state index in [1.165, 1.54) is 77.0 Å². The molecule has 8 bridgehead atoms. The van der Waals surface area contributed by atoms with Crippen LogP contribution in [0.4, 0.5) is 0 Å². The first-order valence-corrected chi connectivity index (χ1v) is 18.4. The number of carboxylic acids is 1. The zero-order chi connectivity index (χ0) is 28.7. The molecule has 47 heavy (non-hydrogen) atoms. The lowest BCUT2D eigenvalue weighted by Gasteiger charge is -2.37. The number of aliphatic carboxylic acids is 1. The summed E-state index contributed by atoms with van der Waals surface area (Å²) >= 11 is 0. The largest absolute Gasteiger partial charge is 0.481 e. The van der Waals surface area contributed by atoms with Gasteiger partial charge in [-0.1, -0.05) is 44.9 Å². The predicted octanol–water partition coefficient (Wildman–Crippen LogP) is 4.39. The van der Waals surface area contributed by atoms with Gasteiger partial charge >= 0.3 is 5.97 Å². The zero-order valence-electron chi connectivity index (χ0n) is 27.4. The summed E-state index contributed by atoms with van der Waals surface area (Å²) in [5, 5.41) is 43.3. The summed E-state index contributed by atoms with van der Waals surface area (Å²) in [6, 6.07) is 0. The highest BCUT2D eigenvalue weighted by Gasteiger charge is 2.56. The van der Waals surface area contributed by atoms with Crippen LogP contribution in [0.1, 0.15) is 96.3 Å². The molecule has 0 radical (unpaired) electrons. The molecular formula is C33H60I4N8O2. The van der Waals surface area contributed by atoms with Gasteiger partial charge in [0.1, 0.15) is 0 Å². The summed E-state index contributed by atoms with van der Waals surface area (Å²) in [5.74, 6) is 3.36. The van der Waals surface area contributed by atoms with Crippen LogP contribution in [0.25, 0.3) is 0 Å². The zero-order valence-corrected chi connectivity index (χ0v) is 36.7. The highest BCUT2D eigenvalue weighted by atomic mass is 127. The van der Waals surface area contributed by atoms with Crippen molar-refractivity contribution < 1.29 is 9.90 Å². The molecule has 0 aromatic heterocycles. The van der Waals surface area contributed by atoms with Gasteiger partial charge in [0.15, 0.2) is 0 Å². The van der Waals surface area contributed by atoms with E-state index in [-0.39, 0.29) is 132 Å². The Morgan fingerprint density at radius 3 is 0.915 bits per heavy atom. The maximum atomic E-state index is 12.6. The molecule has 9 rings (SSSR count). The Labute approximate surface area is 349 Å². The van der Waals surface area contributed by atoms with Crippen molar-refractivity contribution in [2.75, 3.05) is 0 Å². The van der Waals surface area contributed by atoms with Crippen molar-refractivity contribution in [2.24, 2.45) is 53.3 Å². The molecule has 5 heterocycles. The van der Waals surface area contributed by atoms with E-state index in [0.717, 1.165) is 19.3 Å². The first-order chi connectivity index (χ1) is 21.1. The number of hydrogen-bond donors (Lipinski definition) is 9. The maximum absolute atomic E-state index is 12.6. The Hall–Kier alpha value is 2.07. The lowest BCUT2D eigenvalue weighted by atomic mass is 9.71. The third-order valence-corrected chi connectivity index (χ3v) is 14.2. The molecule has 17 atom stereocenters. The van der Waals surface area contributed by atoms with E-state index < -0.39 is 5.97 Å². The van der Waals surface area contributed by atoms with Crippen molar-refractivity contribution >= 4 is 102 Å². The topological polar surface area (TPSA) is 134 Å². The molecule has 4 aliphatic carbocycles. The number of halogens is 4. The average Bonchev–Trinajstić information content (AvgIpc) is 3.76. The van der Waals surface area contributed by atoms with Crippen LogP contribution in [0.15, 0.2) is 0 Å². The fraction of sp³-hybridized carbons (Fsp3) is 0.970.